The number of rotatable bonds is 6. The summed E-state index contributed by atoms with van der Waals surface area (Å²) in [5.41, 5.74) is 2.63. The maximum atomic E-state index is 12.9. The van der Waals surface area contributed by atoms with Crippen LogP contribution in [-0.4, -0.2) is 19.6 Å². The maximum Gasteiger partial charge on any atom is 0.333 e. The molecular weight excluding hydrogens is 446 g/mol. The van der Waals surface area contributed by atoms with E-state index in [-0.39, 0.29) is 15.7 Å². The van der Waals surface area contributed by atoms with Crippen molar-refractivity contribution >= 4 is 33.1 Å². The molecule has 1 saturated carbocycles. The molecule has 2 amide bonds. The van der Waals surface area contributed by atoms with E-state index >= 15 is 0 Å². The fraction of sp³-hybridized carbons (Fsp3) is 0.478. The van der Waals surface area contributed by atoms with Crippen LogP contribution in [0.2, 0.25) is 0 Å². The van der Waals surface area contributed by atoms with Gasteiger partial charge in [-0.3, -0.25) is 0 Å². The number of nitriles is 1. The van der Waals surface area contributed by atoms with Crippen LogP contribution >= 0.6 is 11.3 Å². The molecule has 0 aliphatic heterocycles. The standard InChI is InChI=1S/C23H27N3O4S2/c1-13(14-7-8-14)17-10-9-15-5-4-6-18(15)20(17)25-22(27)26-32(29,30)21-16(12-24)11-19(31-21)23(2,3)28/h9-11,13-14,28H,4-8H2,1-3H3,(H2,25,26,27)/t13-/m0/s1. The lowest BCUT2D eigenvalue weighted by molar-refractivity contribution is 0.0825. The van der Waals surface area contributed by atoms with E-state index in [1.54, 1.807) is 0 Å². The highest BCUT2D eigenvalue weighted by molar-refractivity contribution is 7.92. The molecule has 0 radical (unpaired) electrons. The Bertz CT molecular complexity index is 1220. The van der Waals surface area contributed by atoms with E-state index in [0.717, 1.165) is 60.3 Å². The number of hydrogen-bond donors (Lipinski definition) is 3. The SMILES string of the molecule is C[C@H](c1ccc2c(c1NC(=O)NS(=O)(=O)c1sc(C(C)(C)O)cc1C#N)CCC2)C1CC1. The number of benzene rings is 1. The molecule has 1 aromatic heterocycles. The van der Waals surface area contributed by atoms with E-state index in [9.17, 15) is 23.6 Å². The summed E-state index contributed by atoms with van der Waals surface area (Å²) in [6, 6.07) is 6.52. The molecular formula is C23H27N3O4S2. The fourth-order valence-electron chi connectivity index (χ4n) is 4.32. The Morgan fingerprint density at radius 2 is 2.03 bits per heavy atom. The molecule has 2 aliphatic rings. The lowest BCUT2D eigenvalue weighted by atomic mass is 9.91. The van der Waals surface area contributed by atoms with Gasteiger partial charge in [-0.2, -0.15) is 5.26 Å². The van der Waals surface area contributed by atoms with Crippen LogP contribution in [0.25, 0.3) is 0 Å². The van der Waals surface area contributed by atoms with Gasteiger partial charge in [0, 0.05) is 10.6 Å². The summed E-state index contributed by atoms with van der Waals surface area (Å²) in [5, 5.41) is 22.4. The molecule has 0 bridgehead atoms. The number of nitrogens with one attached hydrogen (secondary N) is 2. The van der Waals surface area contributed by atoms with Gasteiger partial charge in [-0.25, -0.2) is 17.9 Å². The first kappa shape index (κ1) is 22.8. The summed E-state index contributed by atoms with van der Waals surface area (Å²) in [6.45, 7) is 5.17. The Hall–Kier alpha value is -2.41. The summed E-state index contributed by atoms with van der Waals surface area (Å²) in [6.07, 6.45) is 5.13. The van der Waals surface area contributed by atoms with Crippen LogP contribution in [0.3, 0.4) is 0 Å². The second-order valence-electron chi connectivity index (χ2n) is 9.19. The van der Waals surface area contributed by atoms with Crippen molar-refractivity contribution in [1.82, 2.24) is 4.72 Å². The normalized spacial score (nSPS) is 16.8. The molecule has 3 N–H and O–H groups in total. The molecule has 2 aliphatic carbocycles. The molecule has 1 fully saturated rings. The molecule has 1 atom stereocenters. The summed E-state index contributed by atoms with van der Waals surface area (Å²) in [4.78, 5) is 13.2. The first-order valence-corrected chi connectivity index (χ1v) is 13.1. The average molecular weight is 474 g/mol. The highest BCUT2D eigenvalue weighted by Gasteiger charge is 2.33. The number of sulfonamides is 1. The predicted octanol–water partition coefficient (Wildman–Crippen LogP) is 4.36. The van der Waals surface area contributed by atoms with Crippen LogP contribution < -0.4 is 10.0 Å². The molecule has 9 heteroatoms. The number of aliphatic hydroxyl groups is 1. The number of anilines is 1. The number of urea groups is 1. The molecule has 0 unspecified atom stereocenters. The van der Waals surface area contributed by atoms with Gasteiger partial charge < -0.3 is 10.4 Å². The van der Waals surface area contributed by atoms with E-state index in [2.05, 4.69) is 29.1 Å². The summed E-state index contributed by atoms with van der Waals surface area (Å²) in [7, 11) is -4.29. The van der Waals surface area contributed by atoms with Gasteiger partial charge in [-0.05, 0) is 80.5 Å². The van der Waals surface area contributed by atoms with Crippen LogP contribution in [0.5, 0.6) is 0 Å². The number of thiophene rings is 1. The van der Waals surface area contributed by atoms with Crippen molar-refractivity contribution in [3.63, 3.8) is 0 Å². The smallest absolute Gasteiger partial charge is 0.333 e. The third-order valence-corrected chi connectivity index (χ3v) is 9.58. The second-order valence-corrected chi connectivity index (χ2v) is 12.1. The molecule has 0 spiro atoms. The summed E-state index contributed by atoms with van der Waals surface area (Å²) < 4.78 is 27.6. The third-order valence-electron chi connectivity index (χ3n) is 6.27. The van der Waals surface area contributed by atoms with Crippen molar-refractivity contribution in [2.24, 2.45) is 5.92 Å². The van der Waals surface area contributed by atoms with Crippen molar-refractivity contribution in [2.75, 3.05) is 5.32 Å². The van der Waals surface area contributed by atoms with E-state index in [4.69, 9.17) is 0 Å². The number of nitrogens with zero attached hydrogens (tertiary/aromatic N) is 1. The Kier molecular flexibility index (Phi) is 5.82. The monoisotopic (exact) mass is 473 g/mol. The highest BCUT2D eigenvalue weighted by atomic mass is 32.2. The van der Waals surface area contributed by atoms with Crippen LogP contribution in [-0.2, 0) is 28.5 Å². The van der Waals surface area contributed by atoms with Crippen molar-refractivity contribution in [3.8, 4) is 6.07 Å². The zero-order valence-corrected chi connectivity index (χ0v) is 20.0. The Morgan fingerprint density at radius 1 is 1.31 bits per heavy atom. The van der Waals surface area contributed by atoms with Gasteiger partial charge in [-0.15, -0.1) is 11.3 Å². The van der Waals surface area contributed by atoms with Crippen LogP contribution in [0.15, 0.2) is 22.4 Å². The zero-order chi connectivity index (χ0) is 23.3. The van der Waals surface area contributed by atoms with Gasteiger partial charge in [0.2, 0.25) is 0 Å². The van der Waals surface area contributed by atoms with Crippen molar-refractivity contribution < 1.29 is 18.3 Å². The van der Waals surface area contributed by atoms with E-state index < -0.39 is 21.7 Å². The Balaban J connectivity index is 1.62. The van der Waals surface area contributed by atoms with Gasteiger partial charge in [0.1, 0.15) is 6.07 Å². The fourth-order valence-corrected chi connectivity index (χ4v) is 6.78. The number of amides is 2. The topological polar surface area (TPSA) is 119 Å². The summed E-state index contributed by atoms with van der Waals surface area (Å²) in [5.74, 6) is 0.871. The lowest BCUT2D eigenvalue weighted by Gasteiger charge is -2.20. The van der Waals surface area contributed by atoms with Crippen LogP contribution in [0.4, 0.5) is 10.5 Å². The van der Waals surface area contributed by atoms with Crippen molar-refractivity contribution in [2.45, 2.75) is 68.6 Å². The molecule has 32 heavy (non-hydrogen) atoms. The average Bonchev–Trinajstić information content (AvgIpc) is 3.25. The largest absolute Gasteiger partial charge is 0.385 e. The Labute approximate surface area is 192 Å². The quantitative estimate of drug-likeness (QED) is 0.576. The number of fused-ring (bicyclic) bond motifs is 1. The van der Waals surface area contributed by atoms with Gasteiger partial charge in [-0.1, -0.05) is 19.1 Å². The van der Waals surface area contributed by atoms with Gasteiger partial charge in [0.15, 0.2) is 4.21 Å². The lowest BCUT2D eigenvalue weighted by Crippen LogP contribution is -2.35. The number of aryl methyl sites for hydroxylation is 1. The second kappa shape index (κ2) is 8.18. The minimum absolute atomic E-state index is 0.101. The Morgan fingerprint density at radius 3 is 2.66 bits per heavy atom. The molecule has 4 rings (SSSR count). The molecule has 170 valence electrons. The molecule has 1 heterocycles. The molecule has 1 aromatic carbocycles. The molecule has 2 aromatic rings. The van der Waals surface area contributed by atoms with Crippen LogP contribution in [0, 0.1) is 17.2 Å². The maximum absolute atomic E-state index is 12.9. The van der Waals surface area contributed by atoms with E-state index in [1.807, 2.05) is 6.07 Å². The van der Waals surface area contributed by atoms with Gasteiger partial charge in [0.05, 0.1) is 11.2 Å². The van der Waals surface area contributed by atoms with Gasteiger partial charge >= 0.3 is 6.03 Å². The number of carbonyl (C=O) groups is 1. The zero-order valence-electron chi connectivity index (χ0n) is 18.4. The van der Waals surface area contributed by atoms with E-state index in [0.29, 0.717) is 10.8 Å². The highest BCUT2D eigenvalue weighted by Crippen LogP contribution is 2.46. The minimum atomic E-state index is -4.29. The van der Waals surface area contributed by atoms with Gasteiger partial charge in [0.25, 0.3) is 10.0 Å². The van der Waals surface area contributed by atoms with Crippen molar-refractivity contribution in [3.05, 3.63) is 45.3 Å². The molecule has 7 nitrogen and oxygen atoms in total. The third kappa shape index (κ3) is 4.40. The first-order chi connectivity index (χ1) is 15.0. The van der Waals surface area contributed by atoms with E-state index in [1.165, 1.54) is 25.5 Å². The predicted molar refractivity (Wildman–Crippen MR) is 123 cm³/mol. The first-order valence-electron chi connectivity index (χ1n) is 10.8. The number of carbonyl (C=O) groups excluding carboxylic acids is 1. The van der Waals surface area contributed by atoms with Crippen molar-refractivity contribution in [1.29, 1.82) is 5.26 Å². The minimum Gasteiger partial charge on any atom is -0.385 e. The summed E-state index contributed by atoms with van der Waals surface area (Å²) >= 11 is 0.784. The van der Waals surface area contributed by atoms with Crippen LogP contribution in [0.1, 0.15) is 73.1 Å². The number of hydrogen-bond acceptors (Lipinski definition) is 6. The molecule has 0 saturated heterocycles.